The highest BCUT2D eigenvalue weighted by Crippen LogP contribution is 2.26. The van der Waals surface area contributed by atoms with E-state index in [2.05, 4.69) is 5.32 Å². The summed E-state index contributed by atoms with van der Waals surface area (Å²) >= 11 is 0. The maximum absolute atomic E-state index is 12.9. The molecule has 1 unspecified atom stereocenters. The van der Waals surface area contributed by atoms with Gasteiger partial charge in [-0.05, 0) is 43.4 Å². The van der Waals surface area contributed by atoms with Crippen LogP contribution in [-0.2, 0) is 22.4 Å². The van der Waals surface area contributed by atoms with Crippen LogP contribution in [0.3, 0.4) is 0 Å². The molecule has 0 spiro atoms. The third-order valence-electron chi connectivity index (χ3n) is 4.19. The van der Waals surface area contributed by atoms with Crippen LogP contribution in [0.2, 0.25) is 0 Å². The summed E-state index contributed by atoms with van der Waals surface area (Å²) in [5.41, 5.74) is 2.77. The van der Waals surface area contributed by atoms with Crippen LogP contribution in [0.15, 0.2) is 18.2 Å². The first-order valence-corrected chi connectivity index (χ1v) is 7.80. The number of benzene rings is 1. The van der Waals surface area contributed by atoms with Crippen molar-refractivity contribution in [2.24, 2.45) is 0 Å². The minimum Gasteiger partial charge on any atom is -0.480 e. The van der Waals surface area contributed by atoms with Crippen molar-refractivity contribution < 1.29 is 19.5 Å². The van der Waals surface area contributed by atoms with E-state index in [1.165, 1.54) is 24.3 Å². The van der Waals surface area contributed by atoms with Crippen molar-refractivity contribution in [3.05, 3.63) is 34.9 Å². The molecule has 2 rings (SSSR count). The van der Waals surface area contributed by atoms with E-state index in [9.17, 15) is 19.5 Å². The van der Waals surface area contributed by atoms with Gasteiger partial charge in [-0.2, -0.15) is 0 Å². The van der Waals surface area contributed by atoms with Crippen LogP contribution in [0.1, 0.15) is 41.8 Å². The van der Waals surface area contributed by atoms with Gasteiger partial charge in [0.2, 0.25) is 5.91 Å². The predicted molar refractivity (Wildman–Crippen MR) is 85.3 cm³/mol. The van der Waals surface area contributed by atoms with Gasteiger partial charge in [0.15, 0.2) is 0 Å². The molecule has 1 aliphatic carbocycles. The summed E-state index contributed by atoms with van der Waals surface area (Å²) in [6.07, 6.45) is 2.81. The van der Waals surface area contributed by atoms with Crippen LogP contribution < -0.4 is 5.32 Å². The lowest BCUT2D eigenvalue weighted by Gasteiger charge is -2.27. The molecular weight excluding hydrogens is 296 g/mol. The maximum Gasteiger partial charge on any atom is 0.326 e. The molecule has 2 amide bonds. The number of carbonyl (C=O) groups excluding carboxylic acids is 2. The number of rotatable bonds is 6. The van der Waals surface area contributed by atoms with Gasteiger partial charge in [0, 0.05) is 25.6 Å². The summed E-state index contributed by atoms with van der Waals surface area (Å²) in [4.78, 5) is 36.5. The summed E-state index contributed by atoms with van der Waals surface area (Å²) in [7, 11) is 0. The Labute approximate surface area is 135 Å². The minimum absolute atomic E-state index is 0.162. The Morgan fingerprint density at radius 2 is 2.04 bits per heavy atom. The highest BCUT2D eigenvalue weighted by atomic mass is 16.4. The third-order valence-corrected chi connectivity index (χ3v) is 4.19. The average Bonchev–Trinajstić information content (AvgIpc) is 2.98. The van der Waals surface area contributed by atoms with Crippen molar-refractivity contribution in [3.8, 4) is 0 Å². The van der Waals surface area contributed by atoms with Crippen molar-refractivity contribution in [1.29, 1.82) is 0 Å². The second-order valence-corrected chi connectivity index (χ2v) is 5.79. The molecule has 1 aliphatic rings. The molecule has 1 aromatic rings. The summed E-state index contributed by atoms with van der Waals surface area (Å²) in [5.74, 6) is -1.56. The Morgan fingerprint density at radius 3 is 2.70 bits per heavy atom. The Hall–Kier alpha value is -2.37. The predicted octanol–water partition coefficient (Wildman–Crippen LogP) is 1.23. The van der Waals surface area contributed by atoms with Crippen LogP contribution in [0, 0.1) is 0 Å². The molecule has 23 heavy (non-hydrogen) atoms. The van der Waals surface area contributed by atoms with Crippen LogP contribution in [0.5, 0.6) is 0 Å². The quantitative estimate of drug-likeness (QED) is 0.826. The summed E-state index contributed by atoms with van der Waals surface area (Å²) in [6.45, 7) is 3.26. The molecule has 1 atom stereocenters. The van der Waals surface area contributed by atoms with E-state index in [1.807, 2.05) is 12.1 Å². The van der Waals surface area contributed by atoms with E-state index in [0.717, 1.165) is 24.8 Å². The van der Waals surface area contributed by atoms with Gasteiger partial charge < -0.3 is 15.3 Å². The largest absolute Gasteiger partial charge is 0.480 e. The molecule has 0 fully saturated rings. The number of fused-ring (bicyclic) bond motifs is 1. The first-order chi connectivity index (χ1) is 10.9. The zero-order chi connectivity index (χ0) is 17.0. The molecule has 0 saturated carbocycles. The molecule has 0 aromatic heterocycles. The first kappa shape index (κ1) is 17.0. The summed E-state index contributed by atoms with van der Waals surface area (Å²) in [5, 5.41) is 11.9. The van der Waals surface area contributed by atoms with Crippen molar-refractivity contribution in [1.82, 2.24) is 10.2 Å². The Kier molecular flexibility index (Phi) is 5.36. The summed E-state index contributed by atoms with van der Waals surface area (Å²) < 4.78 is 0. The number of hydrogen-bond donors (Lipinski definition) is 2. The standard InChI is InChI=1S/C17H22N2O4/c1-11(17(22)23)19(10-9-18-12(2)20)16(21)15-8-4-6-13-5-3-7-14(13)15/h4,6,8,11H,3,5,7,9-10H2,1-2H3,(H,18,20)(H,22,23). The third kappa shape index (κ3) is 3.88. The normalized spacial score (nSPS) is 14.0. The second-order valence-electron chi connectivity index (χ2n) is 5.79. The Balaban J connectivity index is 2.24. The SMILES string of the molecule is CC(=O)NCCN(C(=O)c1cccc2c1CCC2)C(C)C(=O)O. The number of nitrogens with one attached hydrogen (secondary N) is 1. The van der Waals surface area contributed by atoms with Gasteiger partial charge >= 0.3 is 5.97 Å². The lowest BCUT2D eigenvalue weighted by atomic mass is 10.0. The number of aliphatic carboxylic acids is 1. The Morgan fingerprint density at radius 1 is 1.30 bits per heavy atom. The van der Waals surface area contributed by atoms with Crippen LogP contribution >= 0.6 is 0 Å². The van der Waals surface area contributed by atoms with Gasteiger partial charge in [0.1, 0.15) is 6.04 Å². The van der Waals surface area contributed by atoms with Gasteiger partial charge in [-0.25, -0.2) is 4.79 Å². The fraction of sp³-hybridized carbons (Fsp3) is 0.471. The molecule has 0 heterocycles. The van der Waals surface area contributed by atoms with Crippen LogP contribution in [0.4, 0.5) is 0 Å². The highest BCUT2D eigenvalue weighted by Gasteiger charge is 2.29. The van der Waals surface area contributed by atoms with E-state index in [4.69, 9.17) is 0 Å². The van der Waals surface area contributed by atoms with Crippen LogP contribution in [-0.4, -0.2) is 46.9 Å². The number of amides is 2. The summed E-state index contributed by atoms with van der Waals surface area (Å²) in [6, 6.07) is 4.66. The zero-order valence-corrected chi connectivity index (χ0v) is 13.5. The minimum atomic E-state index is -1.06. The molecule has 6 nitrogen and oxygen atoms in total. The molecule has 6 heteroatoms. The lowest BCUT2D eigenvalue weighted by Crippen LogP contribution is -2.47. The van der Waals surface area contributed by atoms with E-state index >= 15 is 0 Å². The second kappa shape index (κ2) is 7.26. The van der Waals surface area contributed by atoms with E-state index < -0.39 is 12.0 Å². The average molecular weight is 318 g/mol. The Bertz CT molecular complexity index is 627. The van der Waals surface area contributed by atoms with Gasteiger partial charge in [-0.1, -0.05) is 12.1 Å². The molecule has 1 aromatic carbocycles. The number of carboxylic acid groups (broad SMARTS) is 1. The van der Waals surface area contributed by atoms with Gasteiger partial charge in [-0.3, -0.25) is 9.59 Å². The van der Waals surface area contributed by atoms with E-state index in [-0.39, 0.29) is 24.9 Å². The van der Waals surface area contributed by atoms with Crippen molar-refractivity contribution >= 4 is 17.8 Å². The molecule has 0 saturated heterocycles. The zero-order valence-electron chi connectivity index (χ0n) is 13.5. The van der Waals surface area contributed by atoms with Gasteiger partial charge in [0.25, 0.3) is 5.91 Å². The van der Waals surface area contributed by atoms with Crippen LogP contribution in [0.25, 0.3) is 0 Å². The maximum atomic E-state index is 12.9. The fourth-order valence-electron chi connectivity index (χ4n) is 2.93. The molecule has 0 radical (unpaired) electrons. The number of carbonyl (C=O) groups is 3. The van der Waals surface area contributed by atoms with Crippen molar-refractivity contribution in [3.63, 3.8) is 0 Å². The van der Waals surface area contributed by atoms with E-state index in [0.29, 0.717) is 5.56 Å². The number of aryl methyl sites for hydroxylation is 1. The molecule has 0 bridgehead atoms. The number of nitrogens with zero attached hydrogens (tertiary/aromatic N) is 1. The fourth-order valence-corrected chi connectivity index (χ4v) is 2.93. The topological polar surface area (TPSA) is 86.7 Å². The molecular formula is C17H22N2O4. The molecule has 0 aliphatic heterocycles. The van der Waals surface area contributed by atoms with Gasteiger partial charge in [-0.15, -0.1) is 0 Å². The highest BCUT2D eigenvalue weighted by molar-refractivity contribution is 5.98. The molecule has 2 N–H and O–H groups in total. The first-order valence-electron chi connectivity index (χ1n) is 7.80. The molecule has 124 valence electrons. The van der Waals surface area contributed by atoms with Crippen molar-refractivity contribution in [2.45, 2.75) is 39.2 Å². The van der Waals surface area contributed by atoms with Gasteiger partial charge in [0.05, 0.1) is 0 Å². The number of carboxylic acids is 1. The van der Waals surface area contributed by atoms with Crippen molar-refractivity contribution in [2.75, 3.05) is 13.1 Å². The van der Waals surface area contributed by atoms with E-state index in [1.54, 1.807) is 6.07 Å². The number of hydrogen-bond acceptors (Lipinski definition) is 3. The smallest absolute Gasteiger partial charge is 0.326 e. The monoisotopic (exact) mass is 318 g/mol. The lowest BCUT2D eigenvalue weighted by molar-refractivity contribution is -0.141.